The van der Waals surface area contributed by atoms with E-state index in [2.05, 4.69) is 5.32 Å². The van der Waals surface area contributed by atoms with E-state index in [9.17, 15) is 14.0 Å². The summed E-state index contributed by atoms with van der Waals surface area (Å²) in [6, 6.07) is 4.75. The van der Waals surface area contributed by atoms with Gasteiger partial charge in [0.15, 0.2) is 0 Å². The third-order valence-corrected chi connectivity index (χ3v) is 8.67. The van der Waals surface area contributed by atoms with Gasteiger partial charge in [0, 0.05) is 12.1 Å². The van der Waals surface area contributed by atoms with Gasteiger partial charge in [-0.2, -0.15) is 0 Å². The van der Waals surface area contributed by atoms with Crippen molar-refractivity contribution in [3.63, 3.8) is 0 Å². The van der Waals surface area contributed by atoms with Gasteiger partial charge in [0.25, 0.3) is 0 Å². The lowest BCUT2D eigenvalue weighted by molar-refractivity contribution is -0.159. The van der Waals surface area contributed by atoms with Crippen molar-refractivity contribution >= 4 is 11.8 Å². The van der Waals surface area contributed by atoms with Crippen LogP contribution in [-0.4, -0.2) is 67.4 Å². The number of hydrogen-bond donors (Lipinski definition) is 1. The minimum atomic E-state index is -0.621. The molecule has 4 aliphatic heterocycles. The number of fused-ring (bicyclic) bond motifs is 4. The Morgan fingerprint density at radius 3 is 2.65 bits per heavy atom. The molecule has 2 amide bonds. The summed E-state index contributed by atoms with van der Waals surface area (Å²) >= 11 is 0. The molecular weight excluding hydrogens is 439 g/mol. The Bertz CT molecular complexity index is 970. The number of carbonyl (C=O) groups is 2. The Morgan fingerprint density at radius 2 is 1.88 bits per heavy atom. The third-order valence-electron chi connectivity index (χ3n) is 8.67. The maximum Gasteiger partial charge on any atom is 0.246 e. The zero-order valence-corrected chi connectivity index (χ0v) is 19.5. The van der Waals surface area contributed by atoms with Crippen molar-refractivity contribution in [1.82, 2.24) is 10.2 Å². The fourth-order valence-corrected chi connectivity index (χ4v) is 6.54. The van der Waals surface area contributed by atoms with Gasteiger partial charge in [-0.05, 0) is 69.4 Å². The molecule has 1 aromatic carbocycles. The SMILES string of the molecule is O=C1COC[C@]2(CCCN3C(=O)C4(CC4)COc4cccc(F)c4C4CCC(CC4)OC[C@@H]32)N1. The van der Waals surface area contributed by atoms with Crippen LogP contribution in [-0.2, 0) is 19.1 Å². The van der Waals surface area contributed by atoms with Crippen LogP contribution < -0.4 is 10.1 Å². The van der Waals surface area contributed by atoms with Gasteiger partial charge < -0.3 is 24.4 Å². The van der Waals surface area contributed by atoms with Crippen LogP contribution in [0.3, 0.4) is 0 Å². The molecule has 0 radical (unpaired) electrons. The molecule has 34 heavy (non-hydrogen) atoms. The van der Waals surface area contributed by atoms with Crippen molar-refractivity contribution in [2.75, 3.05) is 33.0 Å². The molecule has 2 saturated carbocycles. The summed E-state index contributed by atoms with van der Waals surface area (Å²) in [4.78, 5) is 28.2. The lowest BCUT2D eigenvalue weighted by Gasteiger charge is -2.52. The number of hydrogen-bond acceptors (Lipinski definition) is 5. The van der Waals surface area contributed by atoms with Crippen LogP contribution in [0.1, 0.15) is 62.8 Å². The first-order valence-electron chi connectivity index (χ1n) is 12.7. The lowest BCUT2D eigenvalue weighted by atomic mass is 9.79. The average molecular weight is 473 g/mol. The second-order valence-corrected chi connectivity index (χ2v) is 10.8. The quantitative estimate of drug-likeness (QED) is 0.628. The first-order chi connectivity index (χ1) is 16.5. The Morgan fingerprint density at radius 1 is 1.06 bits per heavy atom. The summed E-state index contributed by atoms with van der Waals surface area (Å²) in [6.07, 6.45) is 6.46. The van der Waals surface area contributed by atoms with Crippen LogP contribution in [0.15, 0.2) is 18.2 Å². The number of rotatable bonds is 0. The highest BCUT2D eigenvalue weighted by Crippen LogP contribution is 2.50. The van der Waals surface area contributed by atoms with E-state index in [1.165, 1.54) is 6.07 Å². The van der Waals surface area contributed by atoms with Crippen molar-refractivity contribution in [1.29, 1.82) is 0 Å². The molecule has 2 atom stereocenters. The summed E-state index contributed by atoms with van der Waals surface area (Å²) in [5.74, 6) is 0.355. The van der Waals surface area contributed by atoms with Gasteiger partial charge in [-0.3, -0.25) is 9.59 Å². The van der Waals surface area contributed by atoms with E-state index in [1.54, 1.807) is 6.07 Å². The zero-order valence-electron chi connectivity index (χ0n) is 19.5. The van der Waals surface area contributed by atoms with E-state index in [0.717, 1.165) is 51.4 Å². The Labute approximate surface area is 199 Å². The van der Waals surface area contributed by atoms with E-state index in [1.807, 2.05) is 11.0 Å². The van der Waals surface area contributed by atoms with Crippen molar-refractivity contribution in [3.05, 3.63) is 29.6 Å². The smallest absolute Gasteiger partial charge is 0.246 e. The molecule has 7 rings (SSSR count). The number of amides is 2. The Hall–Kier alpha value is -2.19. The second-order valence-electron chi connectivity index (χ2n) is 10.8. The summed E-state index contributed by atoms with van der Waals surface area (Å²) in [5, 5.41) is 3.18. The summed E-state index contributed by atoms with van der Waals surface area (Å²) in [7, 11) is 0. The number of halogens is 1. The minimum absolute atomic E-state index is 0.0557. The van der Waals surface area contributed by atoms with E-state index < -0.39 is 11.0 Å². The molecule has 4 heterocycles. The van der Waals surface area contributed by atoms with Gasteiger partial charge in [0.1, 0.15) is 24.8 Å². The highest BCUT2D eigenvalue weighted by Gasteiger charge is 2.57. The number of benzene rings is 1. The van der Waals surface area contributed by atoms with Crippen LogP contribution in [0.25, 0.3) is 0 Å². The number of morpholine rings is 1. The van der Waals surface area contributed by atoms with Gasteiger partial charge in [0.2, 0.25) is 11.8 Å². The molecule has 7 nitrogen and oxygen atoms in total. The Balaban J connectivity index is 1.35. The number of piperidine rings is 1. The first-order valence-corrected chi connectivity index (χ1v) is 12.7. The topological polar surface area (TPSA) is 77.1 Å². The Kier molecular flexibility index (Phi) is 5.56. The van der Waals surface area contributed by atoms with Crippen molar-refractivity contribution in [2.45, 2.75) is 75.0 Å². The minimum Gasteiger partial charge on any atom is -0.492 e. The maximum absolute atomic E-state index is 14.9. The zero-order chi connectivity index (χ0) is 23.3. The van der Waals surface area contributed by atoms with Crippen molar-refractivity contribution < 1.29 is 28.2 Å². The van der Waals surface area contributed by atoms with Gasteiger partial charge >= 0.3 is 0 Å². The molecule has 4 fully saturated rings. The standard InChI is InChI=1S/C26H33FN2O5/c27-19-3-1-4-20-23(19)17-5-7-18(8-6-17)33-13-21-26(16-32-14-22(30)28-26)9-2-12-29(21)24(31)25(10-11-25)15-34-20/h1,3-4,17-18,21H,2,5-16H2,(H,28,30)/t17?,18?,21-,26+/m1/s1. The van der Waals surface area contributed by atoms with Crippen LogP contribution in [0.5, 0.6) is 5.75 Å². The monoisotopic (exact) mass is 472 g/mol. The molecule has 0 unspecified atom stereocenters. The summed E-state index contributed by atoms with van der Waals surface area (Å²) in [5.41, 5.74) is -0.564. The van der Waals surface area contributed by atoms with Crippen LogP contribution in [0.4, 0.5) is 4.39 Å². The molecule has 2 saturated heterocycles. The molecule has 8 heteroatoms. The molecule has 2 bridgehead atoms. The highest BCUT2D eigenvalue weighted by atomic mass is 19.1. The molecule has 2 spiro atoms. The molecule has 1 N–H and O–H groups in total. The summed E-state index contributed by atoms with van der Waals surface area (Å²) < 4.78 is 33.3. The second kappa shape index (κ2) is 8.48. The molecule has 0 aromatic heterocycles. The predicted octanol–water partition coefficient (Wildman–Crippen LogP) is 2.92. The van der Waals surface area contributed by atoms with Crippen molar-refractivity contribution in [3.8, 4) is 5.75 Å². The molecule has 6 aliphatic rings. The highest BCUT2D eigenvalue weighted by molar-refractivity contribution is 5.86. The number of nitrogens with one attached hydrogen (secondary N) is 1. The molecular formula is C26H33FN2O5. The van der Waals surface area contributed by atoms with Gasteiger partial charge in [-0.15, -0.1) is 0 Å². The number of carbonyl (C=O) groups excluding carboxylic acids is 2. The van der Waals surface area contributed by atoms with E-state index in [0.29, 0.717) is 31.1 Å². The first kappa shape index (κ1) is 22.3. The predicted molar refractivity (Wildman–Crippen MR) is 121 cm³/mol. The maximum atomic E-state index is 14.9. The fraction of sp³-hybridized carbons (Fsp3) is 0.692. The molecule has 184 valence electrons. The largest absolute Gasteiger partial charge is 0.492 e. The number of nitrogens with zero attached hydrogens (tertiary/aromatic N) is 1. The van der Waals surface area contributed by atoms with Crippen LogP contribution in [0.2, 0.25) is 0 Å². The normalized spacial score (nSPS) is 35.2. The molecule has 1 aromatic rings. The lowest BCUT2D eigenvalue weighted by Crippen LogP contribution is -2.72. The van der Waals surface area contributed by atoms with Gasteiger partial charge in [0.05, 0.1) is 36.3 Å². The number of ether oxygens (including phenoxy) is 3. The average Bonchev–Trinajstić information content (AvgIpc) is 3.63. The fourth-order valence-electron chi connectivity index (χ4n) is 6.54. The van der Waals surface area contributed by atoms with E-state index in [-0.39, 0.29) is 48.9 Å². The molecule has 2 aliphatic carbocycles. The van der Waals surface area contributed by atoms with E-state index in [4.69, 9.17) is 14.2 Å². The van der Waals surface area contributed by atoms with Crippen molar-refractivity contribution in [2.24, 2.45) is 5.41 Å². The van der Waals surface area contributed by atoms with E-state index >= 15 is 0 Å². The van der Waals surface area contributed by atoms with Crippen LogP contribution >= 0.6 is 0 Å². The third kappa shape index (κ3) is 3.79. The van der Waals surface area contributed by atoms with Crippen LogP contribution in [0, 0.1) is 11.2 Å². The van der Waals surface area contributed by atoms with Gasteiger partial charge in [-0.25, -0.2) is 4.39 Å². The van der Waals surface area contributed by atoms with Gasteiger partial charge in [-0.1, -0.05) is 6.07 Å². The summed E-state index contributed by atoms with van der Waals surface area (Å²) in [6.45, 7) is 1.69.